The topological polar surface area (TPSA) is 92.5 Å². The minimum atomic E-state index is -0.497. The highest BCUT2D eigenvalue weighted by atomic mass is 16.6. The van der Waals surface area contributed by atoms with E-state index in [-0.39, 0.29) is 23.9 Å². The Kier molecular flexibility index (Phi) is 4.74. The van der Waals surface area contributed by atoms with E-state index in [1.54, 1.807) is 4.90 Å². The van der Waals surface area contributed by atoms with Gasteiger partial charge in [0.2, 0.25) is 11.8 Å². The van der Waals surface area contributed by atoms with Crippen LogP contribution in [0.3, 0.4) is 0 Å². The number of benzene rings is 2. The van der Waals surface area contributed by atoms with Crippen molar-refractivity contribution in [3.8, 4) is 0 Å². The van der Waals surface area contributed by atoms with Gasteiger partial charge in [0, 0.05) is 37.3 Å². The molecule has 2 aromatic rings. The van der Waals surface area contributed by atoms with Gasteiger partial charge in [-0.15, -0.1) is 0 Å². The number of nitro benzene ring substituents is 1. The highest BCUT2D eigenvalue weighted by Crippen LogP contribution is 2.22. The van der Waals surface area contributed by atoms with Crippen LogP contribution in [0.15, 0.2) is 54.6 Å². The molecule has 0 aliphatic carbocycles. The standard InChI is InChI=1S/C18H17N3O4/c22-17-10-14(12-20(17)11-13-4-2-1-3-5-13)18(23)19-15-6-8-16(9-7-15)21(24)25/h1-9,14H,10-12H2,(H,19,23)/t14-/m0/s1. The number of rotatable bonds is 5. The summed E-state index contributed by atoms with van der Waals surface area (Å²) in [4.78, 5) is 36.3. The summed E-state index contributed by atoms with van der Waals surface area (Å²) in [5.74, 6) is -0.725. The highest BCUT2D eigenvalue weighted by molar-refractivity contribution is 5.97. The first kappa shape index (κ1) is 16.6. The Hall–Kier alpha value is -3.22. The third-order valence-electron chi connectivity index (χ3n) is 4.15. The Labute approximate surface area is 144 Å². The largest absolute Gasteiger partial charge is 0.338 e. The average Bonchev–Trinajstić information content (AvgIpc) is 2.97. The van der Waals surface area contributed by atoms with Gasteiger partial charge in [-0.25, -0.2) is 0 Å². The summed E-state index contributed by atoms with van der Waals surface area (Å²) in [5, 5.41) is 13.4. The summed E-state index contributed by atoms with van der Waals surface area (Å²) in [6.07, 6.45) is 0.172. The number of likely N-dealkylation sites (tertiary alicyclic amines) is 1. The van der Waals surface area contributed by atoms with E-state index in [0.717, 1.165) is 5.56 Å². The lowest BCUT2D eigenvalue weighted by Crippen LogP contribution is -2.28. The number of nitrogens with one attached hydrogen (secondary N) is 1. The van der Waals surface area contributed by atoms with Gasteiger partial charge in [-0.05, 0) is 17.7 Å². The monoisotopic (exact) mass is 339 g/mol. The Morgan fingerprint density at radius 3 is 2.48 bits per heavy atom. The molecule has 3 rings (SSSR count). The molecule has 2 amide bonds. The minimum Gasteiger partial charge on any atom is -0.338 e. The van der Waals surface area contributed by atoms with E-state index in [0.29, 0.717) is 18.8 Å². The molecule has 7 nitrogen and oxygen atoms in total. The van der Waals surface area contributed by atoms with Gasteiger partial charge < -0.3 is 10.2 Å². The van der Waals surface area contributed by atoms with E-state index in [9.17, 15) is 19.7 Å². The molecule has 2 aromatic carbocycles. The molecular weight excluding hydrogens is 322 g/mol. The molecule has 1 atom stereocenters. The Morgan fingerprint density at radius 1 is 1.16 bits per heavy atom. The highest BCUT2D eigenvalue weighted by Gasteiger charge is 2.34. The summed E-state index contributed by atoms with van der Waals surface area (Å²) in [6.45, 7) is 0.855. The predicted molar refractivity (Wildman–Crippen MR) is 91.7 cm³/mol. The van der Waals surface area contributed by atoms with E-state index in [4.69, 9.17) is 0 Å². The van der Waals surface area contributed by atoms with Crippen LogP contribution in [0.2, 0.25) is 0 Å². The van der Waals surface area contributed by atoms with Crippen molar-refractivity contribution in [2.45, 2.75) is 13.0 Å². The fourth-order valence-corrected chi connectivity index (χ4v) is 2.82. The molecule has 0 bridgehead atoms. The van der Waals surface area contributed by atoms with Crippen molar-refractivity contribution >= 4 is 23.2 Å². The SMILES string of the molecule is O=C(Nc1ccc([N+](=O)[O-])cc1)[C@H]1CC(=O)N(Cc2ccccc2)C1. The molecule has 0 radical (unpaired) electrons. The van der Waals surface area contributed by atoms with Crippen LogP contribution in [0.4, 0.5) is 11.4 Å². The minimum absolute atomic E-state index is 0.0388. The average molecular weight is 339 g/mol. The number of amides is 2. The van der Waals surface area contributed by atoms with Crippen LogP contribution in [0, 0.1) is 16.0 Å². The molecule has 1 heterocycles. The fraction of sp³-hybridized carbons (Fsp3) is 0.222. The van der Waals surface area contributed by atoms with Crippen LogP contribution in [0.25, 0.3) is 0 Å². The van der Waals surface area contributed by atoms with Crippen molar-refractivity contribution in [1.29, 1.82) is 0 Å². The lowest BCUT2D eigenvalue weighted by atomic mass is 10.1. The Bertz CT molecular complexity index is 790. The number of anilines is 1. The first-order chi connectivity index (χ1) is 12.0. The van der Waals surface area contributed by atoms with Gasteiger partial charge in [-0.2, -0.15) is 0 Å². The lowest BCUT2D eigenvalue weighted by molar-refractivity contribution is -0.384. The maximum atomic E-state index is 12.4. The second-order valence-corrected chi connectivity index (χ2v) is 5.95. The van der Waals surface area contributed by atoms with Crippen LogP contribution in [-0.4, -0.2) is 28.2 Å². The van der Waals surface area contributed by atoms with Crippen molar-refractivity contribution in [3.05, 3.63) is 70.3 Å². The van der Waals surface area contributed by atoms with Gasteiger partial charge in [0.25, 0.3) is 5.69 Å². The van der Waals surface area contributed by atoms with Gasteiger partial charge in [0.05, 0.1) is 10.8 Å². The van der Waals surface area contributed by atoms with Gasteiger partial charge in [-0.3, -0.25) is 19.7 Å². The number of nitro groups is 1. The van der Waals surface area contributed by atoms with Crippen LogP contribution in [0.5, 0.6) is 0 Å². The molecule has 1 aliphatic rings. The van der Waals surface area contributed by atoms with Crippen LogP contribution < -0.4 is 5.32 Å². The maximum Gasteiger partial charge on any atom is 0.269 e. The summed E-state index contributed by atoms with van der Waals surface area (Å²) < 4.78 is 0. The first-order valence-electron chi connectivity index (χ1n) is 7.90. The Balaban J connectivity index is 1.59. The molecule has 0 aromatic heterocycles. The smallest absolute Gasteiger partial charge is 0.269 e. The van der Waals surface area contributed by atoms with Crippen molar-refractivity contribution in [2.75, 3.05) is 11.9 Å². The van der Waals surface area contributed by atoms with Crippen molar-refractivity contribution in [3.63, 3.8) is 0 Å². The first-order valence-corrected chi connectivity index (χ1v) is 7.90. The summed E-state index contributed by atoms with van der Waals surface area (Å²) >= 11 is 0. The molecule has 128 valence electrons. The molecule has 1 aliphatic heterocycles. The number of carbonyl (C=O) groups excluding carboxylic acids is 2. The van der Waals surface area contributed by atoms with Crippen molar-refractivity contribution in [2.24, 2.45) is 5.92 Å². The van der Waals surface area contributed by atoms with Crippen molar-refractivity contribution in [1.82, 2.24) is 4.90 Å². The lowest BCUT2D eigenvalue weighted by Gasteiger charge is -2.16. The van der Waals surface area contributed by atoms with Crippen molar-refractivity contribution < 1.29 is 14.5 Å². The molecule has 1 fully saturated rings. The Morgan fingerprint density at radius 2 is 1.84 bits per heavy atom. The summed E-state index contributed by atoms with van der Waals surface area (Å²) in [5.41, 5.74) is 1.46. The number of carbonyl (C=O) groups is 2. The van der Waals surface area contributed by atoms with E-state index >= 15 is 0 Å². The third kappa shape index (κ3) is 4.00. The maximum absolute atomic E-state index is 12.4. The zero-order valence-corrected chi connectivity index (χ0v) is 13.4. The number of hydrogen-bond acceptors (Lipinski definition) is 4. The van der Waals surface area contributed by atoms with Crippen LogP contribution in [0.1, 0.15) is 12.0 Å². The quantitative estimate of drug-likeness (QED) is 0.669. The predicted octanol–water partition coefficient (Wildman–Crippen LogP) is 2.58. The second-order valence-electron chi connectivity index (χ2n) is 5.95. The fourth-order valence-electron chi connectivity index (χ4n) is 2.82. The van der Waals surface area contributed by atoms with Gasteiger partial charge in [0.15, 0.2) is 0 Å². The third-order valence-corrected chi connectivity index (χ3v) is 4.15. The molecular formula is C18H17N3O4. The normalized spacial score (nSPS) is 16.7. The second kappa shape index (κ2) is 7.12. The number of nitrogens with zero attached hydrogens (tertiary/aromatic N) is 2. The summed E-state index contributed by atoms with van der Waals surface area (Å²) in [6, 6.07) is 15.2. The van der Waals surface area contributed by atoms with E-state index in [1.165, 1.54) is 24.3 Å². The molecule has 7 heteroatoms. The molecule has 0 saturated carbocycles. The van der Waals surface area contributed by atoms with E-state index < -0.39 is 10.8 Å². The zero-order valence-electron chi connectivity index (χ0n) is 13.4. The van der Waals surface area contributed by atoms with Crippen LogP contribution in [-0.2, 0) is 16.1 Å². The number of hydrogen-bond donors (Lipinski definition) is 1. The number of non-ortho nitro benzene ring substituents is 1. The molecule has 0 spiro atoms. The molecule has 1 saturated heterocycles. The van der Waals surface area contributed by atoms with E-state index in [1.807, 2.05) is 30.3 Å². The van der Waals surface area contributed by atoms with E-state index in [2.05, 4.69) is 5.32 Å². The molecule has 0 unspecified atom stereocenters. The molecule has 1 N–H and O–H groups in total. The van der Waals surface area contributed by atoms with Gasteiger partial charge in [0.1, 0.15) is 0 Å². The summed E-state index contributed by atoms with van der Waals surface area (Å²) in [7, 11) is 0. The molecule has 25 heavy (non-hydrogen) atoms. The van der Waals surface area contributed by atoms with Gasteiger partial charge >= 0.3 is 0 Å². The van der Waals surface area contributed by atoms with Gasteiger partial charge in [-0.1, -0.05) is 30.3 Å². The zero-order chi connectivity index (χ0) is 17.8. The van der Waals surface area contributed by atoms with Crippen LogP contribution >= 0.6 is 0 Å².